The third-order valence-electron chi connectivity index (χ3n) is 3.53. The highest BCUT2D eigenvalue weighted by Gasteiger charge is 2.04. The molecule has 0 spiro atoms. The van der Waals surface area contributed by atoms with Crippen molar-refractivity contribution in [1.82, 2.24) is 0 Å². The van der Waals surface area contributed by atoms with Crippen LogP contribution in [0.15, 0.2) is 36.8 Å². The molecule has 0 aliphatic heterocycles. The van der Waals surface area contributed by atoms with E-state index in [1.807, 2.05) is 33.8 Å². The van der Waals surface area contributed by atoms with Crippen LogP contribution in [0.5, 0.6) is 0 Å². The van der Waals surface area contributed by atoms with E-state index in [4.69, 9.17) is 18.9 Å². The van der Waals surface area contributed by atoms with E-state index in [1.54, 1.807) is 26.7 Å². The van der Waals surface area contributed by atoms with Gasteiger partial charge in [0.05, 0.1) is 25.7 Å². The van der Waals surface area contributed by atoms with E-state index in [0.29, 0.717) is 13.2 Å². The van der Waals surface area contributed by atoms with Crippen LogP contribution in [0.25, 0.3) is 11.1 Å². The van der Waals surface area contributed by atoms with Crippen molar-refractivity contribution >= 4 is 11.1 Å². The second-order valence-corrected chi connectivity index (χ2v) is 5.99. The Labute approximate surface area is 146 Å². The number of methoxy groups -OCH3 is 2. The van der Waals surface area contributed by atoms with E-state index in [1.165, 1.54) is 0 Å². The predicted octanol–water partition coefficient (Wildman–Crippen LogP) is 4.51. The number of rotatable bonds is 10. The fourth-order valence-electron chi connectivity index (χ4n) is 2.13. The van der Waals surface area contributed by atoms with Crippen molar-refractivity contribution in [2.24, 2.45) is 0 Å². The molecule has 2 atom stereocenters. The summed E-state index contributed by atoms with van der Waals surface area (Å²) in [4.78, 5) is 0. The van der Waals surface area contributed by atoms with Crippen molar-refractivity contribution in [3.05, 3.63) is 47.9 Å². The van der Waals surface area contributed by atoms with Gasteiger partial charge in [0.15, 0.2) is 0 Å². The van der Waals surface area contributed by atoms with Gasteiger partial charge in [0, 0.05) is 14.2 Å². The Morgan fingerprint density at radius 1 is 0.875 bits per heavy atom. The molecule has 0 N–H and O–H groups in total. The van der Waals surface area contributed by atoms with Gasteiger partial charge in [0.2, 0.25) is 0 Å². The molecule has 1 aromatic rings. The minimum absolute atomic E-state index is 0.0328. The normalized spacial score (nSPS) is 15.1. The Bertz CT molecular complexity index is 503. The molecule has 1 rings (SSSR count). The Hall–Kier alpha value is -1.78. The summed E-state index contributed by atoms with van der Waals surface area (Å²) < 4.78 is 21.5. The molecule has 2 unspecified atom stereocenters. The van der Waals surface area contributed by atoms with Gasteiger partial charge in [0.25, 0.3) is 0 Å². The number of hydrogen-bond donors (Lipinski definition) is 0. The lowest BCUT2D eigenvalue weighted by molar-refractivity contribution is 0.0638. The van der Waals surface area contributed by atoms with Gasteiger partial charge in [-0.05, 0) is 56.0 Å². The summed E-state index contributed by atoms with van der Waals surface area (Å²) in [5.41, 5.74) is 4.38. The quantitative estimate of drug-likeness (QED) is 0.590. The van der Waals surface area contributed by atoms with E-state index in [-0.39, 0.29) is 12.2 Å². The van der Waals surface area contributed by atoms with Crippen molar-refractivity contribution in [1.29, 1.82) is 0 Å². The Balaban J connectivity index is 2.78. The lowest BCUT2D eigenvalue weighted by Crippen LogP contribution is -2.11. The summed E-state index contributed by atoms with van der Waals surface area (Å²) >= 11 is 0. The first-order valence-electron chi connectivity index (χ1n) is 8.21. The highest BCUT2D eigenvalue weighted by molar-refractivity contribution is 5.70. The smallest absolute Gasteiger partial charge is 0.118 e. The van der Waals surface area contributed by atoms with Crippen LogP contribution in [0.1, 0.15) is 38.8 Å². The number of benzene rings is 1. The van der Waals surface area contributed by atoms with Gasteiger partial charge in [-0.1, -0.05) is 18.2 Å². The molecule has 0 aliphatic carbocycles. The van der Waals surface area contributed by atoms with Crippen LogP contribution in [0, 0.1) is 0 Å². The summed E-state index contributed by atoms with van der Waals surface area (Å²) in [5, 5.41) is 0. The van der Waals surface area contributed by atoms with Crippen molar-refractivity contribution in [3.8, 4) is 0 Å². The second-order valence-electron chi connectivity index (χ2n) is 5.99. The van der Waals surface area contributed by atoms with Crippen molar-refractivity contribution in [3.63, 3.8) is 0 Å². The van der Waals surface area contributed by atoms with Gasteiger partial charge in [-0.25, -0.2) is 0 Å². The monoisotopic (exact) mass is 334 g/mol. The zero-order valence-electron chi connectivity index (χ0n) is 15.7. The molecular weight excluding hydrogens is 304 g/mol. The molecule has 0 saturated heterocycles. The molecular formula is C20H30O4. The summed E-state index contributed by atoms with van der Waals surface area (Å²) in [5.74, 6) is 0. The summed E-state index contributed by atoms with van der Waals surface area (Å²) in [6.45, 7) is 9.18. The SMILES string of the molecule is COCC(C)OC=C(C)c1cccc(C(C)=COC(C)COC)c1. The lowest BCUT2D eigenvalue weighted by atomic mass is 10.0. The summed E-state index contributed by atoms with van der Waals surface area (Å²) in [7, 11) is 3.34. The summed E-state index contributed by atoms with van der Waals surface area (Å²) in [6.07, 6.45) is 3.65. The van der Waals surface area contributed by atoms with Crippen molar-refractivity contribution in [2.75, 3.05) is 27.4 Å². The van der Waals surface area contributed by atoms with Crippen LogP contribution in [0.3, 0.4) is 0 Å². The van der Waals surface area contributed by atoms with Gasteiger partial charge in [-0.15, -0.1) is 0 Å². The Morgan fingerprint density at radius 3 is 1.67 bits per heavy atom. The Kier molecular flexibility index (Phi) is 9.20. The zero-order chi connectivity index (χ0) is 17.9. The van der Waals surface area contributed by atoms with E-state index in [2.05, 4.69) is 18.2 Å². The maximum atomic E-state index is 5.66. The van der Waals surface area contributed by atoms with Crippen molar-refractivity contribution < 1.29 is 18.9 Å². The van der Waals surface area contributed by atoms with Gasteiger partial charge in [-0.2, -0.15) is 0 Å². The van der Waals surface area contributed by atoms with Crippen LogP contribution in [0.4, 0.5) is 0 Å². The number of allylic oxidation sites excluding steroid dienone is 2. The minimum atomic E-state index is 0.0328. The molecule has 0 heterocycles. The van der Waals surface area contributed by atoms with Crippen molar-refractivity contribution in [2.45, 2.75) is 39.9 Å². The molecule has 0 aromatic heterocycles. The molecule has 0 radical (unpaired) electrons. The highest BCUT2D eigenvalue weighted by Crippen LogP contribution is 2.21. The average Bonchev–Trinajstić information content (AvgIpc) is 2.58. The molecule has 0 bridgehead atoms. The molecule has 1 aromatic carbocycles. The zero-order valence-corrected chi connectivity index (χ0v) is 15.7. The van der Waals surface area contributed by atoms with Crippen LogP contribution in [-0.2, 0) is 18.9 Å². The first-order chi connectivity index (χ1) is 11.5. The van der Waals surface area contributed by atoms with E-state index < -0.39 is 0 Å². The molecule has 4 heteroatoms. The predicted molar refractivity (Wildman–Crippen MR) is 98.6 cm³/mol. The van der Waals surface area contributed by atoms with Gasteiger partial charge >= 0.3 is 0 Å². The van der Waals surface area contributed by atoms with Crippen LogP contribution < -0.4 is 0 Å². The molecule has 134 valence electrons. The minimum Gasteiger partial charge on any atom is -0.496 e. The van der Waals surface area contributed by atoms with E-state index in [0.717, 1.165) is 22.3 Å². The number of hydrogen-bond acceptors (Lipinski definition) is 4. The van der Waals surface area contributed by atoms with Gasteiger partial charge in [0.1, 0.15) is 12.2 Å². The average molecular weight is 334 g/mol. The van der Waals surface area contributed by atoms with Crippen LogP contribution in [0.2, 0.25) is 0 Å². The molecule has 0 saturated carbocycles. The van der Waals surface area contributed by atoms with Crippen LogP contribution >= 0.6 is 0 Å². The van der Waals surface area contributed by atoms with Crippen LogP contribution in [-0.4, -0.2) is 39.6 Å². The second kappa shape index (κ2) is 10.9. The summed E-state index contributed by atoms with van der Waals surface area (Å²) in [6, 6.07) is 8.31. The van der Waals surface area contributed by atoms with Gasteiger partial charge < -0.3 is 18.9 Å². The highest BCUT2D eigenvalue weighted by atomic mass is 16.5. The molecule has 4 nitrogen and oxygen atoms in total. The molecule has 0 amide bonds. The third-order valence-corrected chi connectivity index (χ3v) is 3.53. The fourth-order valence-corrected chi connectivity index (χ4v) is 2.13. The van der Waals surface area contributed by atoms with E-state index >= 15 is 0 Å². The number of ether oxygens (including phenoxy) is 4. The maximum Gasteiger partial charge on any atom is 0.118 e. The first kappa shape index (κ1) is 20.3. The van der Waals surface area contributed by atoms with E-state index in [9.17, 15) is 0 Å². The topological polar surface area (TPSA) is 36.9 Å². The third kappa shape index (κ3) is 7.20. The van der Waals surface area contributed by atoms with Gasteiger partial charge in [-0.3, -0.25) is 0 Å². The standard InChI is InChI=1S/C20H30O4/c1-15(11-23-17(3)13-21-5)19-8-7-9-20(10-19)16(2)12-24-18(4)14-22-6/h7-12,17-18H,13-14H2,1-6H3. The molecule has 0 fully saturated rings. The largest absolute Gasteiger partial charge is 0.496 e. The lowest BCUT2D eigenvalue weighted by Gasteiger charge is -2.13. The fraction of sp³-hybridized carbons (Fsp3) is 0.500. The maximum absolute atomic E-state index is 5.66. The first-order valence-corrected chi connectivity index (χ1v) is 8.21. The molecule has 24 heavy (non-hydrogen) atoms. The molecule has 0 aliphatic rings. The Morgan fingerprint density at radius 2 is 1.29 bits per heavy atom.